The van der Waals surface area contributed by atoms with Crippen LogP contribution >= 0.6 is 11.6 Å². The van der Waals surface area contributed by atoms with Gasteiger partial charge in [-0.25, -0.2) is 0 Å². The fourth-order valence-electron chi connectivity index (χ4n) is 3.95. The third kappa shape index (κ3) is 4.26. The highest BCUT2D eigenvalue weighted by Gasteiger charge is 2.30. The van der Waals surface area contributed by atoms with Gasteiger partial charge >= 0.3 is 0 Å². The first kappa shape index (κ1) is 17.5. The number of likely N-dealkylation sites (tertiary alicyclic amines) is 1. The Morgan fingerprint density at radius 1 is 1.04 bits per heavy atom. The lowest BCUT2D eigenvalue weighted by Crippen LogP contribution is -2.46. The molecular formula is C21H23ClN2O2. The van der Waals surface area contributed by atoms with E-state index in [1.165, 1.54) is 12.0 Å². The molecule has 4 nitrogen and oxygen atoms in total. The molecule has 0 unspecified atom stereocenters. The van der Waals surface area contributed by atoms with Gasteiger partial charge in [0.25, 0.3) is 5.91 Å². The second kappa shape index (κ2) is 7.78. The normalized spacial score (nSPS) is 22.8. The summed E-state index contributed by atoms with van der Waals surface area (Å²) >= 11 is 5.86. The zero-order valence-corrected chi connectivity index (χ0v) is 15.4. The molecule has 2 bridgehead atoms. The summed E-state index contributed by atoms with van der Waals surface area (Å²) in [6, 6.07) is 15.0. The number of benzene rings is 2. The summed E-state index contributed by atoms with van der Waals surface area (Å²) in [7, 11) is 0. The summed E-state index contributed by atoms with van der Waals surface area (Å²) in [5.74, 6) is 1.24. The van der Waals surface area contributed by atoms with Crippen molar-refractivity contribution in [3.63, 3.8) is 0 Å². The number of carbonyl (C=O) groups is 1. The molecule has 1 N–H and O–H groups in total. The molecule has 2 aromatic rings. The summed E-state index contributed by atoms with van der Waals surface area (Å²) in [6.45, 7) is 5.00. The summed E-state index contributed by atoms with van der Waals surface area (Å²) < 4.78 is 5.66. The van der Waals surface area contributed by atoms with E-state index in [0.717, 1.165) is 38.5 Å². The second-order valence-corrected chi connectivity index (χ2v) is 7.79. The number of carbonyl (C=O) groups excluding carboxylic acids is 1. The van der Waals surface area contributed by atoms with Crippen molar-refractivity contribution >= 4 is 23.2 Å². The number of rotatable bonds is 4. The van der Waals surface area contributed by atoms with Crippen molar-refractivity contribution < 1.29 is 9.53 Å². The van der Waals surface area contributed by atoms with Crippen LogP contribution in [0, 0.1) is 11.8 Å². The molecule has 0 saturated carbocycles. The van der Waals surface area contributed by atoms with Crippen molar-refractivity contribution in [3.05, 3.63) is 64.7 Å². The number of piperidine rings is 1. The summed E-state index contributed by atoms with van der Waals surface area (Å²) in [4.78, 5) is 14.8. The standard InChI is InChI=1S/C21H23ClN2O2/c22-19-5-3-18(4-6-19)21(25)23-20-7-1-15(2-8-20)10-24-11-16-9-17(12-24)14-26-13-16/h1-8,16-17H,9-14H2,(H,23,25)/t16-,17+. The van der Waals surface area contributed by atoms with Crippen molar-refractivity contribution in [3.8, 4) is 0 Å². The average molecular weight is 371 g/mol. The van der Waals surface area contributed by atoms with E-state index < -0.39 is 0 Å². The Morgan fingerprint density at radius 2 is 1.69 bits per heavy atom. The first-order valence-electron chi connectivity index (χ1n) is 9.11. The number of hydrogen-bond acceptors (Lipinski definition) is 3. The maximum Gasteiger partial charge on any atom is 0.255 e. The van der Waals surface area contributed by atoms with Crippen LogP contribution in [-0.4, -0.2) is 37.1 Å². The monoisotopic (exact) mass is 370 g/mol. The Balaban J connectivity index is 1.34. The van der Waals surface area contributed by atoms with E-state index in [1.54, 1.807) is 24.3 Å². The van der Waals surface area contributed by atoms with Crippen LogP contribution in [0.5, 0.6) is 0 Å². The van der Waals surface area contributed by atoms with Gasteiger partial charge in [-0.05, 0) is 60.2 Å². The number of hydrogen-bond donors (Lipinski definition) is 1. The van der Waals surface area contributed by atoms with Gasteiger partial charge < -0.3 is 10.1 Å². The first-order valence-corrected chi connectivity index (χ1v) is 9.49. The largest absolute Gasteiger partial charge is 0.381 e. The summed E-state index contributed by atoms with van der Waals surface area (Å²) in [5.41, 5.74) is 2.67. The second-order valence-electron chi connectivity index (χ2n) is 7.36. The number of ether oxygens (including phenoxy) is 1. The predicted molar refractivity (Wildman–Crippen MR) is 104 cm³/mol. The van der Waals surface area contributed by atoms with E-state index in [1.807, 2.05) is 12.1 Å². The molecule has 136 valence electrons. The lowest BCUT2D eigenvalue weighted by atomic mass is 9.88. The third-order valence-corrected chi connectivity index (χ3v) is 5.38. The minimum Gasteiger partial charge on any atom is -0.381 e. The third-order valence-electron chi connectivity index (χ3n) is 5.13. The van der Waals surface area contributed by atoms with Crippen LogP contribution in [0.3, 0.4) is 0 Å². The molecule has 4 rings (SSSR count). The average Bonchev–Trinajstić information content (AvgIpc) is 2.63. The Bertz CT molecular complexity index is 749. The number of nitrogens with one attached hydrogen (secondary N) is 1. The van der Waals surface area contributed by atoms with E-state index in [9.17, 15) is 4.79 Å². The molecule has 2 aliphatic heterocycles. The van der Waals surface area contributed by atoms with Crippen molar-refractivity contribution in [2.24, 2.45) is 11.8 Å². The van der Waals surface area contributed by atoms with E-state index in [0.29, 0.717) is 22.4 Å². The summed E-state index contributed by atoms with van der Waals surface area (Å²) in [5, 5.41) is 3.55. The molecule has 2 heterocycles. The highest BCUT2D eigenvalue weighted by Crippen LogP contribution is 2.28. The van der Waals surface area contributed by atoms with Crippen LogP contribution in [0.1, 0.15) is 22.3 Å². The fraction of sp³-hybridized carbons (Fsp3) is 0.381. The summed E-state index contributed by atoms with van der Waals surface area (Å²) in [6.07, 6.45) is 1.31. The fourth-order valence-corrected chi connectivity index (χ4v) is 4.08. The SMILES string of the molecule is O=C(Nc1ccc(CN2C[C@@H]3COC[C@@H](C3)C2)cc1)c1ccc(Cl)cc1. The van der Waals surface area contributed by atoms with Gasteiger partial charge in [-0.2, -0.15) is 0 Å². The predicted octanol–water partition coefficient (Wildman–Crippen LogP) is 4.06. The number of halogens is 1. The van der Waals surface area contributed by atoms with Crippen LogP contribution in [0.2, 0.25) is 5.02 Å². The molecule has 2 aromatic carbocycles. The van der Waals surface area contributed by atoms with Crippen LogP contribution in [-0.2, 0) is 11.3 Å². The van der Waals surface area contributed by atoms with Crippen molar-refractivity contribution in [1.29, 1.82) is 0 Å². The zero-order valence-electron chi connectivity index (χ0n) is 14.7. The maximum atomic E-state index is 12.3. The smallest absolute Gasteiger partial charge is 0.255 e. The molecular weight excluding hydrogens is 348 g/mol. The quantitative estimate of drug-likeness (QED) is 0.882. The molecule has 0 aromatic heterocycles. The van der Waals surface area contributed by atoms with Gasteiger partial charge in [0.1, 0.15) is 0 Å². The molecule has 0 aliphatic carbocycles. The molecule has 2 atom stereocenters. The van der Waals surface area contributed by atoms with E-state index >= 15 is 0 Å². The molecule has 5 heteroatoms. The van der Waals surface area contributed by atoms with Gasteiger partial charge in [0.15, 0.2) is 0 Å². The molecule has 2 aliphatic rings. The van der Waals surface area contributed by atoms with E-state index in [2.05, 4.69) is 22.3 Å². The molecule has 0 spiro atoms. The topological polar surface area (TPSA) is 41.6 Å². The minimum atomic E-state index is -0.127. The van der Waals surface area contributed by atoms with Gasteiger partial charge in [0.2, 0.25) is 0 Å². The molecule has 26 heavy (non-hydrogen) atoms. The number of anilines is 1. The number of amides is 1. The van der Waals surface area contributed by atoms with Crippen LogP contribution < -0.4 is 5.32 Å². The van der Waals surface area contributed by atoms with Gasteiger partial charge in [-0.1, -0.05) is 23.7 Å². The van der Waals surface area contributed by atoms with Gasteiger partial charge in [-0.3, -0.25) is 9.69 Å². The lowest BCUT2D eigenvalue weighted by Gasteiger charge is -2.41. The lowest BCUT2D eigenvalue weighted by molar-refractivity contribution is -0.0425. The highest BCUT2D eigenvalue weighted by molar-refractivity contribution is 6.30. The van der Waals surface area contributed by atoms with Crippen molar-refractivity contribution in [1.82, 2.24) is 4.90 Å². The Labute approximate surface area is 159 Å². The van der Waals surface area contributed by atoms with Gasteiger partial charge in [-0.15, -0.1) is 0 Å². The van der Waals surface area contributed by atoms with Crippen LogP contribution in [0.25, 0.3) is 0 Å². The number of nitrogens with zero attached hydrogens (tertiary/aromatic N) is 1. The molecule has 2 saturated heterocycles. The van der Waals surface area contributed by atoms with Crippen molar-refractivity contribution in [2.45, 2.75) is 13.0 Å². The number of fused-ring (bicyclic) bond motifs is 2. The Kier molecular flexibility index (Phi) is 5.25. The van der Waals surface area contributed by atoms with Crippen LogP contribution in [0.4, 0.5) is 5.69 Å². The molecule has 2 fully saturated rings. The van der Waals surface area contributed by atoms with Crippen LogP contribution in [0.15, 0.2) is 48.5 Å². The van der Waals surface area contributed by atoms with E-state index in [-0.39, 0.29) is 5.91 Å². The molecule has 1 amide bonds. The Hall–Kier alpha value is -1.88. The van der Waals surface area contributed by atoms with Gasteiger partial charge in [0, 0.05) is 35.9 Å². The Morgan fingerprint density at radius 3 is 2.35 bits per heavy atom. The first-order chi connectivity index (χ1) is 12.7. The minimum absolute atomic E-state index is 0.127. The van der Waals surface area contributed by atoms with E-state index in [4.69, 9.17) is 16.3 Å². The highest BCUT2D eigenvalue weighted by atomic mass is 35.5. The van der Waals surface area contributed by atoms with Crippen molar-refractivity contribution in [2.75, 3.05) is 31.6 Å². The molecule has 0 radical (unpaired) electrons. The maximum absolute atomic E-state index is 12.3. The zero-order chi connectivity index (χ0) is 17.9. The van der Waals surface area contributed by atoms with Gasteiger partial charge in [0.05, 0.1) is 13.2 Å².